The molecule has 4 heteroatoms. The van der Waals surface area contributed by atoms with E-state index in [4.69, 9.17) is 4.42 Å². The van der Waals surface area contributed by atoms with E-state index < -0.39 is 0 Å². The molecule has 2 aromatic rings. The lowest BCUT2D eigenvalue weighted by Crippen LogP contribution is -2.25. The summed E-state index contributed by atoms with van der Waals surface area (Å²) in [5, 5.41) is 1.63. The number of fused-ring (bicyclic) bond motifs is 1. The van der Waals surface area contributed by atoms with Gasteiger partial charge in [-0.25, -0.2) is 4.79 Å². The quantitative estimate of drug-likeness (QED) is 0.770. The molecule has 3 nitrogen and oxygen atoms in total. The van der Waals surface area contributed by atoms with Crippen molar-refractivity contribution >= 4 is 32.3 Å². The molecule has 0 N–H and O–H groups in total. The van der Waals surface area contributed by atoms with Crippen LogP contribution in [0.25, 0.3) is 16.3 Å². The van der Waals surface area contributed by atoms with Crippen molar-refractivity contribution in [2.45, 2.75) is 18.2 Å². The second-order valence-electron chi connectivity index (χ2n) is 5.55. The average molecular weight is 348 g/mol. The van der Waals surface area contributed by atoms with Gasteiger partial charge in [0.15, 0.2) is 0 Å². The van der Waals surface area contributed by atoms with Gasteiger partial charge in [0, 0.05) is 18.7 Å². The van der Waals surface area contributed by atoms with Crippen molar-refractivity contribution in [3.05, 3.63) is 52.1 Å². The van der Waals surface area contributed by atoms with Crippen LogP contribution in [-0.4, -0.2) is 25.0 Å². The Kier molecular flexibility index (Phi) is 4.00. The first-order valence-corrected chi connectivity index (χ1v) is 8.07. The van der Waals surface area contributed by atoms with Crippen LogP contribution in [0.15, 0.2) is 39.6 Å². The molecule has 0 bridgehead atoms. The summed E-state index contributed by atoms with van der Waals surface area (Å²) in [6.45, 7) is 3.94. The van der Waals surface area contributed by atoms with E-state index in [0.717, 1.165) is 36.2 Å². The van der Waals surface area contributed by atoms with E-state index in [2.05, 4.69) is 34.0 Å². The summed E-state index contributed by atoms with van der Waals surface area (Å²) in [5.74, 6) is 0.722. The lowest BCUT2D eigenvalue weighted by atomic mass is 9.94. The second kappa shape index (κ2) is 5.78. The molecule has 1 aromatic carbocycles. The lowest BCUT2D eigenvalue weighted by molar-refractivity contribution is 0.372. The van der Waals surface area contributed by atoms with Gasteiger partial charge in [-0.2, -0.15) is 0 Å². The van der Waals surface area contributed by atoms with Crippen molar-refractivity contribution in [2.24, 2.45) is 0 Å². The molecule has 2 heterocycles. The normalized spacial score (nSPS) is 17.8. The zero-order valence-corrected chi connectivity index (χ0v) is 13.8. The number of nitrogens with zero attached hydrogens (tertiary/aromatic N) is 1. The van der Waals surface area contributed by atoms with Crippen LogP contribution in [0.4, 0.5) is 0 Å². The Balaban J connectivity index is 2.33. The molecule has 0 saturated carbocycles. The van der Waals surface area contributed by atoms with Gasteiger partial charge < -0.3 is 9.32 Å². The van der Waals surface area contributed by atoms with Gasteiger partial charge in [0.25, 0.3) is 0 Å². The maximum absolute atomic E-state index is 12.2. The van der Waals surface area contributed by atoms with Crippen LogP contribution >= 0.6 is 15.9 Å². The predicted molar refractivity (Wildman–Crippen MR) is 89.9 cm³/mol. The SMILES string of the molecule is CC(Br)c1oc(=O)c2ccccc2c1C1=CCCN(C)C1. The van der Waals surface area contributed by atoms with Crippen molar-refractivity contribution < 1.29 is 4.42 Å². The van der Waals surface area contributed by atoms with E-state index in [1.807, 2.05) is 31.2 Å². The van der Waals surface area contributed by atoms with Crippen molar-refractivity contribution in [1.82, 2.24) is 4.90 Å². The molecule has 1 aliphatic rings. The first-order valence-electron chi connectivity index (χ1n) is 7.15. The van der Waals surface area contributed by atoms with Crippen LogP contribution in [0.1, 0.15) is 29.5 Å². The van der Waals surface area contributed by atoms with E-state index in [-0.39, 0.29) is 10.5 Å². The highest BCUT2D eigenvalue weighted by Crippen LogP contribution is 2.35. The summed E-state index contributed by atoms with van der Waals surface area (Å²) in [6, 6.07) is 7.69. The Morgan fingerprint density at radius 1 is 1.29 bits per heavy atom. The minimum Gasteiger partial charge on any atom is -0.426 e. The summed E-state index contributed by atoms with van der Waals surface area (Å²) in [5.41, 5.74) is 2.05. The van der Waals surface area contributed by atoms with Gasteiger partial charge in [0.2, 0.25) is 0 Å². The molecule has 110 valence electrons. The summed E-state index contributed by atoms with van der Waals surface area (Å²) < 4.78 is 5.61. The van der Waals surface area contributed by atoms with E-state index >= 15 is 0 Å². The van der Waals surface area contributed by atoms with Crippen LogP contribution < -0.4 is 5.63 Å². The Morgan fingerprint density at radius 2 is 2.00 bits per heavy atom. The molecule has 0 radical (unpaired) electrons. The highest BCUT2D eigenvalue weighted by Gasteiger charge is 2.22. The third-order valence-corrected chi connectivity index (χ3v) is 4.31. The topological polar surface area (TPSA) is 33.5 Å². The van der Waals surface area contributed by atoms with Gasteiger partial charge in [-0.15, -0.1) is 0 Å². The maximum atomic E-state index is 12.2. The van der Waals surface area contributed by atoms with Crippen molar-refractivity contribution in [3.63, 3.8) is 0 Å². The highest BCUT2D eigenvalue weighted by molar-refractivity contribution is 9.09. The lowest BCUT2D eigenvalue weighted by Gasteiger charge is -2.25. The van der Waals surface area contributed by atoms with Gasteiger partial charge >= 0.3 is 5.63 Å². The molecular weight excluding hydrogens is 330 g/mol. The van der Waals surface area contributed by atoms with Gasteiger partial charge in [0.05, 0.1) is 10.2 Å². The van der Waals surface area contributed by atoms with Crippen LogP contribution in [0.3, 0.4) is 0 Å². The highest BCUT2D eigenvalue weighted by atomic mass is 79.9. The summed E-state index contributed by atoms with van der Waals surface area (Å²) >= 11 is 3.56. The number of hydrogen-bond donors (Lipinski definition) is 0. The first kappa shape index (κ1) is 14.5. The number of likely N-dealkylation sites (N-methyl/N-ethyl adjacent to an activating group) is 1. The Bertz CT molecular complexity index is 761. The van der Waals surface area contributed by atoms with Gasteiger partial charge in [-0.3, -0.25) is 0 Å². The van der Waals surface area contributed by atoms with E-state index in [0.29, 0.717) is 5.39 Å². The van der Waals surface area contributed by atoms with Crippen LogP contribution in [0.5, 0.6) is 0 Å². The van der Waals surface area contributed by atoms with E-state index in [1.165, 1.54) is 5.57 Å². The molecule has 1 atom stereocenters. The summed E-state index contributed by atoms with van der Waals surface area (Å²) in [6.07, 6.45) is 3.29. The minimum atomic E-state index is -0.264. The molecule has 1 unspecified atom stereocenters. The molecule has 1 aliphatic heterocycles. The summed E-state index contributed by atoms with van der Waals surface area (Å²) in [4.78, 5) is 14.5. The first-order chi connectivity index (χ1) is 10.1. The van der Waals surface area contributed by atoms with Crippen LogP contribution in [0.2, 0.25) is 0 Å². The predicted octanol–water partition coefficient (Wildman–Crippen LogP) is 3.97. The molecule has 0 aliphatic carbocycles. The molecule has 0 spiro atoms. The van der Waals surface area contributed by atoms with E-state index in [9.17, 15) is 4.79 Å². The van der Waals surface area contributed by atoms with Gasteiger partial charge in [0.1, 0.15) is 5.76 Å². The zero-order chi connectivity index (χ0) is 15.0. The van der Waals surface area contributed by atoms with Crippen LogP contribution in [-0.2, 0) is 0 Å². The number of halogens is 1. The standard InChI is InChI=1S/C17H18BrNO2/c1-11(18)16-15(12-6-5-9-19(2)10-12)13-7-3-4-8-14(13)17(20)21-16/h3-4,6-8,11H,5,9-10H2,1-2H3. The number of hydrogen-bond acceptors (Lipinski definition) is 3. The van der Waals surface area contributed by atoms with Gasteiger partial charge in [-0.05, 0) is 37.4 Å². The molecule has 0 saturated heterocycles. The molecule has 3 rings (SSSR count). The third kappa shape index (κ3) is 2.70. The fourth-order valence-corrected chi connectivity index (χ4v) is 3.23. The van der Waals surface area contributed by atoms with Crippen molar-refractivity contribution in [3.8, 4) is 0 Å². The Morgan fingerprint density at radius 3 is 2.67 bits per heavy atom. The number of benzene rings is 1. The second-order valence-corrected chi connectivity index (χ2v) is 6.92. The smallest absolute Gasteiger partial charge is 0.343 e. The average Bonchev–Trinajstić information content (AvgIpc) is 2.47. The molecule has 0 fully saturated rings. The molecule has 1 aromatic heterocycles. The Labute approximate surface area is 132 Å². The third-order valence-electron chi connectivity index (χ3n) is 3.89. The largest absolute Gasteiger partial charge is 0.426 e. The minimum absolute atomic E-state index is 0.00191. The number of alkyl halides is 1. The zero-order valence-electron chi connectivity index (χ0n) is 12.2. The molecule has 21 heavy (non-hydrogen) atoms. The fraction of sp³-hybridized carbons (Fsp3) is 0.353. The monoisotopic (exact) mass is 347 g/mol. The van der Waals surface area contributed by atoms with E-state index in [1.54, 1.807) is 0 Å². The number of rotatable bonds is 2. The van der Waals surface area contributed by atoms with Gasteiger partial charge in [-0.1, -0.05) is 40.2 Å². The molecule has 0 amide bonds. The van der Waals surface area contributed by atoms with Crippen molar-refractivity contribution in [1.29, 1.82) is 0 Å². The summed E-state index contributed by atoms with van der Waals surface area (Å²) in [7, 11) is 2.12. The fourth-order valence-electron chi connectivity index (χ4n) is 2.90. The molecular formula is C17H18BrNO2. The maximum Gasteiger partial charge on any atom is 0.343 e. The Hall–Kier alpha value is -1.39. The van der Waals surface area contributed by atoms with Crippen molar-refractivity contribution in [2.75, 3.05) is 20.1 Å². The van der Waals surface area contributed by atoms with Crippen LogP contribution in [0, 0.1) is 0 Å².